The standard InChI is InChI=1S/C36H39ClF3N9O6/c1-5-26-29(45-10-12-47(13-11-45)34(52)55-35(2,3)4)31(51)49-32(48(26)20-28(50)41-24-9-7-22(19-23(24)37)36(38,39)40)43-30(44-49)21-6-8-25-27(18-21)54-33(42-25)46-14-16-53-17-15-46/h6-9,18-19H,5,10-17,20H2,1-4H3,(H,41,50). The molecule has 0 bridgehead atoms. The molecule has 5 aromatic rings. The van der Waals surface area contributed by atoms with E-state index in [0.717, 1.165) is 22.7 Å². The van der Waals surface area contributed by atoms with Gasteiger partial charge in [0.1, 0.15) is 23.3 Å². The zero-order valence-corrected chi connectivity index (χ0v) is 31.3. The summed E-state index contributed by atoms with van der Waals surface area (Å²) in [7, 11) is 0. The number of piperazine rings is 1. The van der Waals surface area contributed by atoms with E-state index < -0.39 is 41.4 Å². The Bertz CT molecular complexity index is 2320. The third kappa shape index (κ3) is 7.91. The molecule has 15 nitrogen and oxygen atoms in total. The fraction of sp³-hybridized carbons (Fsp3) is 0.444. The molecule has 2 fully saturated rings. The molecule has 2 aromatic carbocycles. The van der Waals surface area contributed by atoms with E-state index >= 15 is 0 Å². The minimum Gasteiger partial charge on any atom is -0.444 e. The number of nitrogens with zero attached hydrogens (tertiary/aromatic N) is 8. The van der Waals surface area contributed by atoms with Crippen LogP contribution in [0.15, 0.2) is 45.6 Å². The number of ether oxygens (including phenoxy) is 2. The Morgan fingerprint density at radius 3 is 2.35 bits per heavy atom. The van der Waals surface area contributed by atoms with Crippen molar-refractivity contribution >= 4 is 57.9 Å². The Labute approximate surface area is 317 Å². The number of nitrogens with one attached hydrogen (secondary N) is 1. The average molecular weight is 786 g/mol. The molecule has 7 rings (SSSR count). The van der Waals surface area contributed by atoms with E-state index in [4.69, 9.17) is 30.5 Å². The summed E-state index contributed by atoms with van der Waals surface area (Å²) in [4.78, 5) is 55.6. The van der Waals surface area contributed by atoms with Crippen molar-refractivity contribution in [2.24, 2.45) is 0 Å². The fourth-order valence-electron chi connectivity index (χ4n) is 6.56. The average Bonchev–Trinajstić information content (AvgIpc) is 3.78. The van der Waals surface area contributed by atoms with Crippen LogP contribution in [0.1, 0.15) is 39.0 Å². The van der Waals surface area contributed by atoms with Gasteiger partial charge >= 0.3 is 12.3 Å². The van der Waals surface area contributed by atoms with Crippen LogP contribution in [0.5, 0.6) is 0 Å². The van der Waals surface area contributed by atoms with Gasteiger partial charge in [0.05, 0.1) is 35.2 Å². The molecule has 55 heavy (non-hydrogen) atoms. The molecule has 292 valence electrons. The summed E-state index contributed by atoms with van der Waals surface area (Å²) in [6, 6.07) is 8.36. The Balaban J connectivity index is 1.26. The van der Waals surface area contributed by atoms with E-state index in [1.165, 1.54) is 0 Å². The highest BCUT2D eigenvalue weighted by Gasteiger charge is 2.32. The number of fused-ring (bicyclic) bond motifs is 2. The molecule has 0 aliphatic carbocycles. The number of hydrogen-bond donors (Lipinski definition) is 1. The number of amides is 2. The maximum atomic E-state index is 14.4. The van der Waals surface area contributed by atoms with Crippen LogP contribution in [-0.4, -0.2) is 99.1 Å². The van der Waals surface area contributed by atoms with Gasteiger partial charge in [0.2, 0.25) is 11.7 Å². The maximum Gasteiger partial charge on any atom is 0.416 e. The van der Waals surface area contributed by atoms with Gasteiger partial charge in [0, 0.05) is 44.8 Å². The molecule has 0 saturated carbocycles. The molecule has 5 heterocycles. The summed E-state index contributed by atoms with van der Waals surface area (Å²) < 4.78 is 59.6. The van der Waals surface area contributed by atoms with Crippen molar-refractivity contribution < 1.29 is 36.7 Å². The van der Waals surface area contributed by atoms with Gasteiger partial charge < -0.3 is 38.5 Å². The number of aromatic nitrogens is 5. The highest BCUT2D eigenvalue weighted by Crippen LogP contribution is 2.34. The summed E-state index contributed by atoms with van der Waals surface area (Å²) in [6.07, 6.45) is -4.79. The minimum atomic E-state index is -4.62. The molecule has 2 aliphatic heterocycles. The van der Waals surface area contributed by atoms with Gasteiger partial charge in [-0.05, 0) is 63.6 Å². The molecular weight excluding hydrogens is 747 g/mol. The van der Waals surface area contributed by atoms with Crippen molar-refractivity contribution in [1.29, 1.82) is 0 Å². The van der Waals surface area contributed by atoms with Gasteiger partial charge in [-0.2, -0.15) is 27.7 Å². The molecular formula is C36H39ClF3N9O6. The molecule has 1 N–H and O–H groups in total. The van der Waals surface area contributed by atoms with E-state index in [1.807, 2.05) is 16.7 Å². The first-order valence-electron chi connectivity index (χ1n) is 17.7. The maximum absolute atomic E-state index is 14.4. The summed E-state index contributed by atoms with van der Waals surface area (Å²) in [5.41, 5.74) is 0.236. The van der Waals surface area contributed by atoms with Crippen molar-refractivity contribution in [3.05, 3.63) is 63.0 Å². The molecule has 2 amide bonds. The lowest BCUT2D eigenvalue weighted by Crippen LogP contribution is -2.51. The lowest BCUT2D eigenvalue weighted by atomic mass is 10.2. The summed E-state index contributed by atoms with van der Waals surface area (Å²) in [5.74, 6) is -0.392. The van der Waals surface area contributed by atoms with E-state index in [2.05, 4.69) is 15.4 Å². The lowest BCUT2D eigenvalue weighted by Gasteiger charge is -2.37. The first-order chi connectivity index (χ1) is 26.1. The van der Waals surface area contributed by atoms with Gasteiger partial charge in [-0.15, -0.1) is 5.10 Å². The fourth-order valence-corrected chi connectivity index (χ4v) is 6.79. The lowest BCUT2D eigenvalue weighted by molar-refractivity contribution is -0.137. The van der Waals surface area contributed by atoms with Crippen LogP contribution in [0.25, 0.3) is 28.3 Å². The third-order valence-electron chi connectivity index (χ3n) is 9.20. The number of halogens is 4. The number of alkyl halides is 3. The van der Waals surface area contributed by atoms with E-state index in [0.29, 0.717) is 54.7 Å². The van der Waals surface area contributed by atoms with E-state index in [1.54, 1.807) is 48.4 Å². The van der Waals surface area contributed by atoms with Crippen LogP contribution in [-0.2, 0) is 33.4 Å². The first-order valence-corrected chi connectivity index (χ1v) is 18.1. The normalized spacial score (nSPS) is 15.6. The number of anilines is 3. The number of hydrogen-bond acceptors (Lipinski definition) is 11. The predicted molar refractivity (Wildman–Crippen MR) is 198 cm³/mol. The topological polar surface area (TPSA) is 153 Å². The van der Waals surface area contributed by atoms with Crippen LogP contribution in [0.3, 0.4) is 0 Å². The molecule has 0 atom stereocenters. The number of rotatable bonds is 7. The van der Waals surface area contributed by atoms with E-state index in [-0.39, 0.29) is 60.6 Å². The number of oxazole rings is 1. The Hall–Kier alpha value is -5.36. The van der Waals surface area contributed by atoms with Gasteiger partial charge in [0.15, 0.2) is 11.4 Å². The first kappa shape index (κ1) is 37.9. The van der Waals surface area contributed by atoms with Crippen molar-refractivity contribution in [3.8, 4) is 11.4 Å². The minimum absolute atomic E-state index is 0.0211. The molecule has 0 spiro atoms. The number of morpholine rings is 1. The van der Waals surface area contributed by atoms with E-state index in [9.17, 15) is 27.6 Å². The monoisotopic (exact) mass is 785 g/mol. The third-order valence-corrected chi connectivity index (χ3v) is 9.51. The van der Waals surface area contributed by atoms with Gasteiger partial charge in [-0.1, -0.05) is 18.5 Å². The molecule has 19 heteroatoms. The summed E-state index contributed by atoms with van der Waals surface area (Å²) in [5, 5.41) is 6.91. The molecule has 2 aliphatic rings. The van der Waals surface area contributed by atoms with Crippen molar-refractivity contribution in [1.82, 2.24) is 29.0 Å². The second-order valence-electron chi connectivity index (χ2n) is 14.2. The predicted octanol–water partition coefficient (Wildman–Crippen LogP) is 5.47. The molecule has 0 unspecified atom stereocenters. The van der Waals surface area contributed by atoms with Crippen LogP contribution in [0, 0.1) is 0 Å². The zero-order valence-electron chi connectivity index (χ0n) is 30.6. The highest BCUT2D eigenvalue weighted by molar-refractivity contribution is 6.33. The summed E-state index contributed by atoms with van der Waals surface area (Å²) >= 11 is 6.16. The summed E-state index contributed by atoms with van der Waals surface area (Å²) in [6.45, 7) is 10.3. The molecule has 0 radical (unpaired) electrons. The van der Waals surface area contributed by atoms with Gasteiger partial charge in [-0.3, -0.25) is 9.59 Å². The molecule has 3 aromatic heterocycles. The van der Waals surface area contributed by atoms with Crippen molar-refractivity contribution in [3.63, 3.8) is 0 Å². The second kappa shape index (κ2) is 14.7. The van der Waals surface area contributed by atoms with Crippen LogP contribution >= 0.6 is 11.6 Å². The highest BCUT2D eigenvalue weighted by atomic mass is 35.5. The largest absolute Gasteiger partial charge is 0.444 e. The van der Waals surface area contributed by atoms with Gasteiger partial charge in [0.25, 0.3) is 11.6 Å². The second-order valence-corrected chi connectivity index (χ2v) is 14.6. The molecule has 2 saturated heterocycles. The van der Waals surface area contributed by atoms with Crippen LogP contribution in [0.4, 0.5) is 35.4 Å². The quantitative estimate of drug-likeness (QED) is 0.224. The van der Waals surface area contributed by atoms with Crippen LogP contribution < -0.4 is 20.7 Å². The Morgan fingerprint density at radius 2 is 1.69 bits per heavy atom. The zero-order chi connectivity index (χ0) is 39.2. The van der Waals surface area contributed by atoms with Crippen LogP contribution in [0.2, 0.25) is 5.02 Å². The SMILES string of the molecule is CCc1c(N2CCN(C(=O)OC(C)(C)C)CC2)c(=O)n2nc(-c3ccc4nc(N5CCOCC5)oc4c3)nc2n1CC(=O)Nc1ccc(C(F)(F)F)cc1Cl. The Morgan fingerprint density at radius 1 is 0.964 bits per heavy atom. The Kier molecular flexibility index (Phi) is 10.1. The van der Waals surface area contributed by atoms with Crippen molar-refractivity contribution in [2.45, 2.75) is 52.4 Å². The number of benzene rings is 2. The number of carbonyl (C=O) groups is 2. The number of carbonyl (C=O) groups excluding carboxylic acids is 2. The smallest absolute Gasteiger partial charge is 0.416 e. The van der Waals surface area contributed by atoms with Gasteiger partial charge in [-0.25, -0.2) is 4.79 Å². The van der Waals surface area contributed by atoms with Crippen molar-refractivity contribution in [2.75, 3.05) is 67.6 Å².